The molecule has 0 aliphatic heterocycles. The summed E-state index contributed by atoms with van der Waals surface area (Å²) < 4.78 is 0. The Morgan fingerprint density at radius 2 is 2.21 bits per heavy atom. The molecule has 0 unspecified atom stereocenters. The molecule has 4 nitrogen and oxygen atoms in total. The predicted molar refractivity (Wildman–Crippen MR) is 82.4 cm³/mol. The quantitative estimate of drug-likeness (QED) is 0.783. The maximum atomic E-state index is 11.5. The summed E-state index contributed by atoms with van der Waals surface area (Å²) in [6.07, 6.45) is 0. The van der Waals surface area contributed by atoms with Gasteiger partial charge in [0, 0.05) is 23.7 Å². The number of likely N-dealkylation sites (N-methyl/N-ethyl adjacent to an activating group) is 2. The highest BCUT2D eigenvalue weighted by molar-refractivity contribution is 7.80. The van der Waals surface area contributed by atoms with Crippen molar-refractivity contribution >= 4 is 34.7 Å². The summed E-state index contributed by atoms with van der Waals surface area (Å²) >= 11 is 11.1. The van der Waals surface area contributed by atoms with Crippen molar-refractivity contribution < 1.29 is 4.79 Å². The van der Waals surface area contributed by atoms with Gasteiger partial charge >= 0.3 is 0 Å². The van der Waals surface area contributed by atoms with Gasteiger partial charge in [-0.2, -0.15) is 0 Å². The molecule has 0 heterocycles. The normalized spacial score (nSPS) is 10.5. The van der Waals surface area contributed by atoms with Crippen LogP contribution >= 0.6 is 23.8 Å². The van der Waals surface area contributed by atoms with Crippen molar-refractivity contribution in [1.82, 2.24) is 10.2 Å². The highest BCUT2D eigenvalue weighted by atomic mass is 35.5. The summed E-state index contributed by atoms with van der Waals surface area (Å²) in [6, 6.07) is 5.47. The zero-order valence-corrected chi connectivity index (χ0v) is 12.6. The Morgan fingerprint density at radius 1 is 1.53 bits per heavy atom. The first-order chi connectivity index (χ1) is 8.93. The highest BCUT2D eigenvalue weighted by Gasteiger charge is 2.09. The van der Waals surface area contributed by atoms with Crippen LogP contribution in [0.1, 0.15) is 18.1 Å². The fourth-order valence-electron chi connectivity index (χ4n) is 1.67. The third kappa shape index (κ3) is 5.14. The van der Waals surface area contributed by atoms with E-state index in [-0.39, 0.29) is 5.91 Å². The van der Waals surface area contributed by atoms with E-state index in [0.29, 0.717) is 29.6 Å². The van der Waals surface area contributed by atoms with Crippen molar-refractivity contribution in [2.75, 3.05) is 20.1 Å². The van der Waals surface area contributed by atoms with Gasteiger partial charge in [-0.15, -0.1) is 0 Å². The van der Waals surface area contributed by atoms with E-state index >= 15 is 0 Å². The van der Waals surface area contributed by atoms with Crippen molar-refractivity contribution in [3.63, 3.8) is 0 Å². The first kappa shape index (κ1) is 15.9. The summed E-state index contributed by atoms with van der Waals surface area (Å²) in [6.45, 7) is 3.45. The zero-order chi connectivity index (χ0) is 14.4. The van der Waals surface area contributed by atoms with Crippen LogP contribution in [0, 0.1) is 0 Å². The van der Waals surface area contributed by atoms with Gasteiger partial charge in [0.2, 0.25) is 5.91 Å². The van der Waals surface area contributed by atoms with Gasteiger partial charge < -0.3 is 11.1 Å². The molecule has 3 N–H and O–H groups in total. The number of carbonyl (C=O) groups excluding carboxylic acids is 1. The van der Waals surface area contributed by atoms with Crippen molar-refractivity contribution in [1.29, 1.82) is 0 Å². The fourth-order valence-corrected chi connectivity index (χ4v) is 2.04. The number of nitrogens with two attached hydrogens (primary N) is 1. The van der Waals surface area contributed by atoms with Crippen LogP contribution in [-0.2, 0) is 11.3 Å². The maximum Gasteiger partial charge on any atom is 0.234 e. The monoisotopic (exact) mass is 299 g/mol. The Bertz CT molecular complexity index is 479. The molecule has 1 amide bonds. The number of hydrogen-bond acceptors (Lipinski definition) is 3. The van der Waals surface area contributed by atoms with Crippen molar-refractivity contribution in [2.24, 2.45) is 5.73 Å². The Morgan fingerprint density at radius 3 is 2.74 bits per heavy atom. The van der Waals surface area contributed by atoms with Crippen LogP contribution in [0.3, 0.4) is 0 Å². The van der Waals surface area contributed by atoms with E-state index in [1.807, 2.05) is 31.0 Å². The van der Waals surface area contributed by atoms with Gasteiger partial charge in [-0.3, -0.25) is 9.69 Å². The molecule has 0 saturated heterocycles. The number of carbonyl (C=O) groups is 1. The first-order valence-electron chi connectivity index (χ1n) is 5.97. The number of amides is 1. The third-order valence-electron chi connectivity index (χ3n) is 2.57. The molecular formula is C13H18ClN3OS. The second kappa shape index (κ2) is 7.43. The number of hydrogen-bond donors (Lipinski definition) is 2. The molecule has 1 aromatic carbocycles. The molecule has 104 valence electrons. The van der Waals surface area contributed by atoms with Crippen LogP contribution in [0.2, 0.25) is 5.02 Å². The summed E-state index contributed by atoms with van der Waals surface area (Å²) in [5, 5.41) is 3.36. The lowest BCUT2D eigenvalue weighted by molar-refractivity contribution is -0.121. The molecule has 0 atom stereocenters. The van der Waals surface area contributed by atoms with E-state index in [1.54, 1.807) is 6.07 Å². The van der Waals surface area contributed by atoms with Crippen LogP contribution in [0.4, 0.5) is 0 Å². The Hall–Kier alpha value is -1.17. The average Bonchev–Trinajstić information content (AvgIpc) is 2.31. The summed E-state index contributed by atoms with van der Waals surface area (Å²) in [4.78, 5) is 13.7. The van der Waals surface area contributed by atoms with Crippen molar-refractivity contribution in [3.8, 4) is 0 Å². The molecule has 0 fully saturated rings. The molecule has 0 aliphatic rings. The number of thiocarbonyl (C=S) groups is 1. The second-order valence-electron chi connectivity index (χ2n) is 4.30. The van der Waals surface area contributed by atoms with Crippen molar-refractivity contribution in [3.05, 3.63) is 34.3 Å². The van der Waals surface area contributed by atoms with E-state index in [2.05, 4.69) is 5.32 Å². The van der Waals surface area contributed by atoms with Gasteiger partial charge in [0.15, 0.2) is 0 Å². The SMILES string of the molecule is CCNC(=O)CN(C)Cc1ccc(C(N)=S)cc1Cl. The molecule has 1 rings (SSSR count). The lowest BCUT2D eigenvalue weighted by atomic mass is 10.1. The molecule has 19 heavy (non-hydrogen) atoms. The van der Waals surface area contributed by atoms with Crippen LogP contribution in [0.15, 0.2) is 18.2 Å². The largest absolute Gasteiger partial charge is 0.389 e. The number of halogens is 1. The Balaban J connectivity index is 2.66. The van der Waals surface area contributed by atoms with E-state index in [4.69, 9.17) is 29.6 Å². The molecule has 0 spiro atoms. The molecule has 0 aromatic heterocycles. The van der Waals surface area contributed by atoms with Crippen LogP contribution in [-0.4, -0.2) is 35.9 Å². The maximum absolute atomic E-state index is 11.5. The average molecular weight is 300 g/mol. The molecular weight excluding hydrogens is 282 g/mol. The topological polar surface area (TPSA) is 58.4 Å². The van der Waals surface area contributed by atoms with Crippen LogP contribution in [0.5, 0.6) is 0 Å². The lowest BCUT2D eigenvalue weighted by Gasteiger charge is -2.17. The number of nitrogens with zero attached hydrogens (tertiary/aromatic N) is 1. The minimum Gasteiger partial charge on any atom is -0.389 e. The molecule has 0 saturated carbocycles. The number of nitrogens with one attached hydrogen (secondary N) is 1. The summed E-state index contributed by atoms with van der Waals surface area (Å²) in [7, 11) is 1.87. The van der Waals surface area contributed by atoms with Gasteiger partial charge in [0.25, 0.3) is 0 Å². The van der Waals surface area contributed by atoms with E-state index < -0.39 is 0 Å². The predicted octanol–water partition coefficient (Wildman–Crippen LogP) is 1.54. The van der Waals surface area contributed by atoms with E-state index in [0.717, 1.165) is 11.1 Å². The summed E-state index contributed by atoms with van der Waals surface area (Å²) in [5.41, 5.74) is 7.23. The van der Waals surface area contributed by atoms with E-state index in [1.165, 1.54) is 0 Å². The summed E-state index contributed by atoms with van der Waals surface area (Å²) in [5.74, 6) is 0.000813. The van der Waals surface area contributed by atoms with Crippen LogP contribution < -0.4 is 11.1 Å². The minimum atomic E-state index is 0.000813. The second-order valence-corrected chi connectivity index (χ2v) is 5.14. The van der Waals surface area contributed by atoms with Gasteiger partial charge in [-0.25, -0.2) is 0 Å². The third-order valence-corrected chi connectivity index (χ3v) is 3.15. The Kier molecular flexibility index (Phi) is 6.21. The lowest BCUT2D eigenvalue weighted by Crippen LogP contribution is -2.34. The molecule has 6 heteroatoms. The highest BCUT2D eigenvalue weighted by Crippen LogP contribution is 2.19. The first-order valence-corrected chi connectivity index (χ1v) is 6.76. The fraction of sp³-hybridized carbons (Fsp3) is 0.385. The number of rotatable bonds is 6. The van der Waals surface area contributed by atoms with E-state index in [9.17, 15) is 4.79 Å². The minimum absolute atomic E-state index is 0.000813. The molecule has 0 bridgehead atoms. The Labute approximate surface area is 123 Å². The molecule has 1 aromatic rings. The standard InChI is InChI=1S/C13H18ClN3OS/c1-3-16-12(18)8-17(2)7-10-5-4-9(13(15)19)6-11(10)14/h4-6H,3,7-8H2,1-2H3,(H2,15,19)(H,16,18). The van der Waals surface area contributed by atoms with Gasteiger partial charge in [0.05, 0.1) is 6.54 Å². The molecule has 0 radical (unpaired) electrons. The number of benzene rings is 1. The van der Waals surface area contributed by atoms with Gasteiger partial charge in [0.1, 0.15) is 4.99 Å². The van der Waals surface area contributed by atoms with Crippen molar-refractivity contribution in [2.45, 2.75) is 13.5 Å². The van der Waals surface area contributed by atoms with Gasteiger partial charge in [-0.1, -0.05) is 36.0 Å². The molecule has 0 aliphatic carbocycles. The van der Waals surface area contributed by atoms with Gasteiger partial charge in [-0.05, 0) is 25.6 Å². The van der Waals surface area contributed by atoms with Crippen LogP contribution in [0.25, 0.3) is 0 Å². The smallest absolute Gasteiger partial charge is 0.234 e. The zero-order valence-electron chi connectivity index (χ0n) is 11.1.